The van der Waals surface area contributed by atoms with Gasteiger partial charge in [0.15, 0.2) is 0 Å². The lowest BCUT2D eigenvalue weighted by Gasteiger charge is -2.23. The number of benzene rings is 1. The Bertz CT molecular complexity index is 430. The molecule has 0 atom stereocenters. The van der Waals surface area contributed by atoms with E-state index in [9.17, 15) is 9.59 Å². The van der Waals surface area contributed by atoms with Crippen LogP contribution in [0.2, 0.25) is 19.6 Å². The van der Waals surface area contributed by atoms with Crippen molar-refractivity contribution in [3.05, 3.63) is 35.4 Å². The fourth-order valence-electron chi connectivity index (χ4n) is 1.52. The summed E-state index contributed by atoms with van der Waals surface area (Å²) in [5.74, 6) is -0.717. The van der Waals surface area contributed by atoms with Crippen LogP contribution in [0.1, 0.15) is 20.7 Å². The van der Waals surface area contributed by atoms with E-state index in [1.807, 2.05) is 19.6 Å². The molecule has 1 aliphatic heterocycles. The molecule has 0 aromatic heterocycles. The fraction of sp³-hybridized carbons (Fsp3) is 0.273. The molecule has 1 aliphatic rings. The summed E-state index contributed by atoms with van der Waals surface area (Å²) in [5.41, 5.74) is 0.844. The summed E-state index contributed by atoms with van der Waals surface area (Å²) < 4.78 is 5.48. The first kappa shape index (κ1) is 11.0. The lowest BCUT2D eigenvalue weighted by molar-refractivity contribution is -0.0194. The molecule has 0 saturated carbocycles. The number of hydroxylamine groups is 2. The zero-order valence-electron chi connectivity index (χ0n) is 9.48. The molecule has 1 aromatic rings. The zero-order valence-corrected chi connectivity index (χ0v) is 10.5. The van der Waals surface area contributed by atoms with Crippen molar-refractivity contribution in [3.63, 3.8) is 0 Å². The van der Waals surface area contributed by atoms with Crippen molar-refractivity contribution in [2.24, 2.45) is 0 Å². The molecule has 0 saturated heterocycles. The summed E-state index contributed by atoms with van der Waals surface area (Å²) in [7, 11) is -1.96. The Hall–Kier alpha value is -1.46. The highest BCUT2D eigenvalue weighted by Crippen LogP contribution is 2.24. The Morgan fingerprint density at radius 1 is 1.00 bits per heavy atom. The van der Waals surface area contributed by atoms with Gasteiger partial charge in [-0.2, -0.15) is 5.06 Å². The van der Waals surface area contributed by atoms with Gasteiger partial charge in [0.1, 0.15) is 0 Å². The number of carbonyl (C=O) groups excluding carboxylic acids is 2. The minimum atomic E-state index is -1.96. The van der Waals surface area contributed by atoms with Crippen LogP contribution in [-0.2, 0) is 4.53 Å². The van der Waals surface area contributed by atoms with Crippen LogP contribution in [0.25, 0.3) is 0 Å². The molecular weight excluding hydrogens is 222 g/mol. The minimum absolute atomic E-state index is 0.358. The lowest BCUT2D eigenvalue weighted by Crippen LogP contribution is -2.40. The van der Waals surface area contributed by atoms with E-state index in [0.29, 0.717) is 11.1 Å². The molecule has 5 heteroatoms. The van der Waals surface area contributed by atoms with Gasteiger partial charge in [0.25, 0.3) is 11.8 Å². The first-order valence-corrected chi connectivity index (χ1v) is 8.48. The zero-order chi connectivity index (χ0) is 11.9. The monoisotopic (exact) mass is 235 g/mol. The number of amides is 2. The van der Waals surface area contributed by atoms with Crippen molar-refractivity contribution in [2.75, 3.05) is 0 Å². The van der Waals surface area contributed by atoms with Gasteiger partial charge in [0, 0.05) is 0 Å². The summed E-state index contributed by atoms with van der Waals surface area (Å²) in [6.45, 7) is 5.78. The quantitative estimate of drug-likeness (QED) is 0.582. The first-order chi connectivity index (χ1) is 7.40. The average Bonchev–Trinajstić information content (AvgIpc) is 2.43. The minimum Gasteiger partial charge on any atom is -0.310 e. The fourth-order valence-corrected chi connectivity index (χ4v) is 2.24. The van der Waals surface area contributed by atoms with E-state index in [-0.39, 0.29) is 11.8 Å². The Morgan fingerprint density at radius 2 is 1.44 bits per heavy atom. The van der Waals surface area contributed by atoms with Gasteiger partial charge in [-0.15, -0.1) is 0 Å². The van der Waals surface area contributed by atoms with Crippen LogP contribution in [-0.4, -0.2) is 25.2 Å². The van der Waals surface area contributed by atoms with Gasteiger partial charge in [-0.25, -0.2) is 0 Å². The summed E-state index contributed by atoms with van der Waals surface area (Å²) in [6, 6.07) is 6.76. The first-order valence-electron chi connectivity index (χ1n) is 5.07. The molecule has 0 bridgehead atoms. The van der Waals surface area contributed by atoms with E-state index in [1.54, 1.807) is 24.3 Å². The van der Waals surface area contributed by atoms with Gasteiger partial charge in [0.05, 0.1) is 11.1 Å². The number of carbonyl (C=O) groups is 2. The Kier molecular flexibility index (Phi) is 2.44. The standard InChI is InChI=1S/C11H13NO3Si/c1-16(2,3)15-12-10(13)8-6-4-5-7-9(8)11(12)14/h4-7H,1-3H3. The number of nitrogens with zero attached hydrogens (tertiary/aromatic N) is 1. The molecule has 0 fully saturated rings. The second-order valence-corrected chi connectivity index (χ2v) is 9.06. The van der Waals surface area contributed by atoms with Crippen molar-refractivity contribution in [1.82, 2.24) is 5.06 Å². The molecule has 1 heterocycles. The molecule has 0 spiro atoms. The maximum absolute atomic E-state index is 11.9. The third-order valence-electron chi connectivity index (χ3n) is 2.12. The van der Waals surface area contributed by atoms with Gasteiger partial charge in [0.2, 0.25) is 8.32 Å². The van der Waals surface area contributed by atoms with Crippen LogP contribution in [0.3, 0.4) is 0 Å². The molecule has 0 aliphatic carbocycles. The number of rotatable bonds is 2. The van der Waals surface area contributed by atoms with E-state index in [2.05, 4.69) is 0 Å². The van der Waals surface area contributed by atoms with Crippen LogP contribution in [0.5, 0.6) is 0 Å². The number of hydrogen-bond donors (Lipinski definition) is 0. The van der Waals surface area contributed by atoms with Crippen molar-refractivity contribution in [1.29, 1.82) is 0 Å². The smallest absolute Gasteiger partial charge is 0.284 e. The maximum Gasteiger partial charge on any atom is 0.284 e. The molecule has 16 heavy (non-hydrogen) atoms. The highest BCUT2D eigenvalue weighted by molar-refractivity contribution is 6.69. The molecule has 0 radical (unpaired) electrons. The highest BCUT2D eigenvalue weighted by Gasteiger charge is 2.38. The maximum atomic E-state index is 11.9. The van der Waals surface area contributed by atoms with Gasteiger partial charge in [-0.3, -0.25) is 9.59 Å². The Morgan fingerprint density at radius 3 is 1.81 bits per heavy atom. The van der Waals surface area contributed by atoms with Crippen LogP contribution in [0.15, 0.2) is 24.3 Å². The van der Waals surface area contributed by atoms with Crippen molar-refractivity contribution < 1.29 is 14.1 Å². The molecule has 0 unspecified atom stereocenters. The van der Waals surface area contributed by atoms with E-state index < -0.39 is 8.32 Å². The predicted molar refractivity (Wildman–Crippen MR) is 61.4 cm³/mol. The number of imide groups is 1. The van der Waals surface area contributed by atoms with Crippen LogP contribution in [0, 0.1) is 0 Å². The molecule has 84 valence electrons. The average molecular weight is 235 g/mol. The number of fused-ring (bicyclic) bond motifs is 1. The summed E-state index contributed by atoms with van der Waals surface area (Å²) in [5, 5.41) is 0.900. The topological polar surface area (TPSA) is 46.6 Å². The SMILES string of the molecule is C[Si](C)(C)ON1C(=O)c2ccccc2C1=O. The van der Waals surface area contributed by atoms with Gasteiger partial charge >= 0.3 is 0 Å². The van der Waals surface area contributed by atoms with Gasteiger partial charge in [-0.1, -0.05) is 12.1 Å². The van der Waals surface area contributed by atoms with Gasteiger partial charge < -0.3 is 4.53 Å². The largest absolute Gasteiger partial charge is 0.310 e. The number of hydrogen-bond acceptors (Lipinski definition) is 3. The van der Waals surface area contributed by atoms with Crippen LogP contribution >= 0.6 is 0 Å². The summed E-state index contributed by atoms with van der Waals surface area (Å²) in [4.78, 5) is 23.8. The molecule has 2 amide bonds. The summed E-state index contributed by atoms with van der Waals surface area (Å²) in [6.07, 6.45) is 0. The van der Waals surface area contributed by atoms with E-state index in [0.717, 1.165) is 5.06 Å². The van der Waals surface area contributed by atoms with Crippen molar-refractivity contribution in [2.45, 2.75) is 19.6 Å². The lowest BCUT2D eigenvalue weighted by atomic mass is 10.1. The normalized spacial score (nSPS) is 15.6. The van der Waals surface area contributed by atoms with Crippen molar-refractivity contribution in [3.8, 4) is 0 Å². The third kappa shape index (κ3) is 1.79. The van der Waals surface area contributed by atoms with Crippen LogP contribution in [0.4, 0.5) is 0 Å². The predicted octanol–water partition coefficient (Wildman–Crippen LogP) is 2.05. The third-order valence-corrected chi connectivity index (χ3v) is 2.85. The second kappa shape index (κ2) is 3.53. The Balaban J connectivity index is 2.36. The van der Waals surface area contributed by atoms with Gasteiger partial charge in [-0.05, 0) is 31.8 Å². The highest BCUT2D eigenvalue weighted by atomic mass is 28.4. The molecule has 4 nitrogen and oxygen atoms in total. The molecular formula is C11H13NO3Si. The summed E-state index contributed by atoms with van der Waals surface area (Å²) >= 11 is 0. The Labute approximate surface area is 94.9 Å². The molecule has 2 rings (SSSR count). The van der Waals surface area contributed by atoms with Crippen LogP contribution < -0.4 is 0 Å². The second-order valence-electron chi connectivity index (χ2n) is 4.65. The van der Waals surface area contributed by atoms with E-state index in [4.69, 9.17) is 4.53 Å². The van der Waals surface area contributed by atoms with E-state index in [1.165, 1.54) is 0 Å². The molecule has 0 N–H and O–H groups in total. The molecule has 1 aromatic carbocycles. The van der Waals surface area contributed by atoms with E-state index >= 15 is 0 Å². The van der Waals surface area contributed by atoms with Crippen molar-refractivity contribution >= 4 is 20.1 Å².